The van der Waals surface area contributed by atoms with Gasteiger partial charge < -0.3 is 5.32 Å². The maximum Gasteiger partial charge on any atom is 0.182 e. The first-order chi connectivity index (χ1) is 7.20. The van der Waals surface area contributed by atoms with Crippen LogP contribution in [0, 0.1) is 0 Å². The molecular weight excluding hydrogens is 251 g/mol. The predicted octanol–water partition coefficient (Wildman–Crippen LogP) is 4.16. The van der Waals surface area contributed by atoms with Crippen LogP contribution in [0.5, 0.6) is 0 Å². The van der Waals surface area contributed by atoms with E-state index in [9.17, 15) is 0 Å². The van der Waals surface area contributed by atoms with Gasteiger partial charge in [0.05, 0.1) is 10.7 Å². The van der Waals surface area contributed by atoms with Crippen LogP contribution in [0.3, 0.4) is 0 Å². The Morgan fingerprint density at radius 1 is 1.33 bits per heavy atom. The molecule has 0 aliphatic heterocycles. The van der Waals surface area contributed by atoms with Crippen molar-refractivity contribution in [1.82, 2.24) is 4.98 Å². The fourth-order valence-electron chi connectivity index (χ4n) is 1.21. The Bertz CT molecular complexity index is 482. The number of hydrogen-bond donors (Lipinski definition) is 1. The third-order valence-corrected chi connectivity index (χ3v) is 3.35. The van der Waals surface area contributed by atoms with E-state index in [0.29, 0.717) is 10.0 Å². The summed E-state index contributed by atoms with van der Waals surface area (Å²) in [4.78, 5) is 4.37. The third-order valence-electron chi connectivity index (χ3n) is 1.92. The first-order valence-electron chi connectivity index (χ1n) is 4.29. The van der Waals surface area contributed by atoms with Crippen LogP contribution in [-0.2, 0) is 0 Å². The number of hydrogen-bond acceptors (Lipinski definition) is 3. The highest BCUT2D eigenvalue weighted by Crippen LogP contribution is 2.32. The lowest BCUT2D eigenvalue weighted by Crippen LogP contribution is -1.86. The summed E-state index contributed by atoms with van der Waals surface area (Å²) in [6.45, 7) is 0. The maximum atomic E-state index is 6.07. The molecule has 1 N–H and O–H groups in total. The second kappa shape index (κ2) is 4.39. The first-order valence-corrected chi connectivity index (χ1v) is 5.93. The topological polar surface area (TPSA) is 24.9 Å². The molecule has 0 atom stereocenters. The predicted molar refractivity (Wildman–Crippen MR) is 67.1 cm³/mol. The minimum atomic E-state index is 0.660. The van der Waals surface area contributed by atoms with E-state index in [0.717, 1.165) is 16.4 Å². The molecule has 0 aliphatic rings. The van der Waals surface area contributed by atoms with Crippen molar-refractivity contribution in [2.75, 3.05) is 12.4 Å². The third kappa shape index (κ3) is 2.25. The molecule has 15 heavy (non-hydrogen) atoms. The van der Waals surface area contributed by atoms with E-state index in [-0.39, 0.29) is 0 Å². The van der Waals surface area contributed by atoms with Gasteiger partial charge in [0.15, 0.2) is 5.13 Å². The summed E-state index contributed by atoms with van der Waals surface area (Å²) in [6.07, 6.45) is 0. The standard InChI is InChI=1S/C10H8Cl2N2S/c1-13-10-14-9(5-15-10)7-4-6(11)2-3-8(7)12/h2-5H,1H3,(H,13,14). The number of rotatable bonds is 2. The maximum absolute atomic E-state index is 6.07. The minimum absolute atomic E-state index is 0.660. The van der Waals surface area contributed by atoms with E-state index in [2.05, 4.69) is 10.3 Å². The van der Waals surface area contributed by atoms with Gasteiger partial charge in [0, 0.05) is 23.0 Å². The summed E-state index contributed by atoms with van der Waals surface area (Å²) < 4.78 is 0. The molecule has 0 spiro atoms. The molecular formula is C10H8Cl2N2S. The van der Waals surface area contributed by atoms with Gasteiger partial charge in [-0.1, -0.05) is 23.2 Å². The van der Waals surface area contributed by atoms with Crippen LogP contribution in [0.2, 0.25) is 10.0 Å². The Labute approximate surface area is 102 Å². The van der Waals surface area contributed by atoms with Crippen LogP contribution >= 0.6 is 34.5 Å². The summed E-state index contributed by atoms with van der Waals surface area (Å²) in [5.41, 5.74) is 1.71. The molecule has 0 unspecified atom stereocenters. The summed E-state index contributed by atoms with van der Waals surface area (Å²) in [7, 11) is 1.84. The molecule has 0 aliphatic carbocycles. The minimum Gasteiger partial charge on any atom is -0.365 e. The molecule has 5 heteroatoms. The molecule has 0 radical (unpaired) electrons. The Balaban J connectivity index is 2.48. The fraction of sp³-hybridized carbons (Fsp3) is 0.100. The van der Waals surface area contributed by atoms with Crippen LogP contribution in [0.1, 0.15) is 0 Å². The molecule has 0 saturated heterocycles. The van der Waals surface area contributed by atoms with Crippen molar-refractivity contribution in [2.45, 2.75) is 0 Å². The lowest BCUT2D eigenvalue weighted by molar-refractivity contribution is 1.36. The zero-order valence-corrected chi connectivity index (χ0v) is 10.2. The second-order valence-electron chi connectivity index (χ2n) is 2.91. The van der Waals surface area contributed by atoms with E-state index < -0.39 is 0 Å². The van der Waals surface area contributed by atoms with Gasteiger partial charge in [0.25, 0.3) is 0 Å². The number of thiazole rings is 1. The molecule has 2 nitrogen and oxygen atoms in total. The summed E-state index contributed by atoms with van der Waals surface area (Å²) in [5.74, 6) is 0. The molecule has 2 rings (SSSR count). The molecule has 2 aromatic rings. The van der Waals surface area contributed by atoms with Gasteiger partial charge >= 0.3 is 0 Å². The van der Waals surface area contributed by atoms with Crippen LogP contribution in [-0.4, -0.2) is 12.0 Å². The van der Waals surface area contributed by atoms with Crippen LogP contribution in [0.4, 0.5) is 5.13 Å². The van der Waals surface area contributed by atoms with Crippen LogP contribution in [0.25, 0.3) is 11.3 Å². The van der Waals surface area contributed by atoms with E-state index >= 15 is 0 Å². The smallest absolute Gasteiger partial charge is 0.182 e. The summed E-state index contributed by atoms with van der Waals surface area (Å²) in [6, 6.07) is 5.36. The van der Waals surface area contributed by atoms with Gasteiger partial charge in [-0.25, -0.2) is 4.98 Å². The summed E-state index contributed by atoms with van der Waals surface area (Å²) in [5, 5.41) is 7.11. The van der Waals surface area contributed by atoms with E-state index in [4.69, 9.17) is 23.2 Å². The number of halogens is 2. The van der Waals surface area contributed by atoms with Crippen LogP contribution in [0.15, 0.2) is 23.6 Å². The monoisotopic (exact) mass is 258 g/mol. The Morgan fingerprint density at radius 3 is 2.80 bits per heavy atom. The zero-order valence-electron chi connectivity index (χ0n) is 7.92. The molecule has 1 heterocycles. The van der Waals surface area contributed by atoms with Crippen molar-refractivity contribution in [3.8, 4) is 11.3 Å². The molecule has 0 saturated carbocycles. The molecule has 0 bridgehead atoms. The van der Waals surface area contributed by atoms with Crippen LogP contribution < -0.4 is 5.32 Å². The zero-order chi connectivity index (χ0) is 10.8. The fourth-order valence-corrected chi connectivity index (χ4v) is 2.26. The van der Waals surface area contributed by atoms with Gasteiger partial charge in [0.2, 0.25) is 0 Å². The summed E-state index contributed by atoms with van der Waals surface area (Å²) >= 11 is 13.5. The number of nitrogens with zero attached hydrogens (tertiary/aromatic N) is 1. The molecule has 78 valence electrons. The van der Waals surface area contributed by atoms with Gasteiger partial charge in [0.1, 0.15) is 0 Å². The number of anilines is 1. The molecule has 1 aromatic heterocycles. The Hall–Kier alpha value is -0.770. The van der Waals surface area contributed by atoms with E-state index in [1.807, 2.05) is 18.5 Å². The van der Waals surface area contributed by atoms with Gasteiger partial charge in [-0.3, -0.25) is 0 Å². The van der Waals surface area contributed by atoms with Gasteiger partial charge in [-0.15, -0.1) is 11.3 Å². The Morgan fingerprint density at radius 2 is 2.13 bits per heavy atom. The lowest BCUT2D eigenvalue weighted by Gasteiger charge is -2.00. The molecule has 1 aromatic carbocycles. The molecule has 0 fully saturated rings. The second-order valence-corrected chi connectivity index (χ2v) is 4.61. The number of aromatic nitrogens is 1. The van der Waals surface area contributed by atoms with Crippen molar-refractivity contribution < 1.29 is 0 Å². The van der Waals surface area contributed by atoms with Gasteiger partial charge in [-0.05, 0) is 18.2 Å². The average Bonchev–Trinajstić information content (AvgIpc) is 2.70. The highest BCUT2D eigenvalue weighted by atomic mass is 35.5. The van der Waals surface area contributed by atoms with Crippen molar-refractivity contribution in [3.05, 3.63) is 33.6 Å². The normalized spacial score (nSPS) is 10.3. The van der Waals surface area contributed by atoms with Gasteiger partial charge in [-0.2, -0.15) is 0 Å². The largest absolute Gasteiger partial charge is 0.365 e. The number of nitrogens with one attached hydrogen (secondary N) is 1. The molecule has 0 amide bonds. The SMILES string of the molecule is CNc1nc(-c2cc(Cl)ccc2Cl)cs1. The first kappa shape index (κ1) is 10.7. The Kier molecular flexibility index (Phi) is 3.14. The van der Waals surface area contributed by atoms with E-state index in [1.54, 1.807) is 12.1 Å². The van der Waals surface area contributed by atoms with Crippen molar-refractivity contribution in [2.24, 2.45) is 0 Å². The lowest BCUT2D eigenvalue weighted by atomic mass is 10.2. The highest BCUT2D eigenvalue weighted by molar-refractivity contribution is 7.14. The van der Waals surface area contributed by atoms with Crippen molar-refractivity contribution in [1.29, 1.82) is 0 Å². The average molecular weight is 259 g/mol. The highest BCUT2D eigenvalue weighted by Gasteiger charge is 2.08. The van der Waals surface area contributed by atoms with E-state index in [1.165, 1.54) is 11.3 Å². The number of benzene rings is 1. The quantitative estimate of drug-likeness (QED) is 0.875. The van der Waals surface area contributed by atoms with Crippen molar-refractivity contribution >= 4 is 39.7 Å². The van der Waals surface area contributed by atoms with Crippen molar-refractivity contribution in [3.63, 3.8) is 0 Å².